The zero-order chi connectivity index (χ0) is 26.5. The lowest BCUT2D eigenvalue weighted by Gasteiger charge is -2.23. The molecule has 1 aliphatic heterocycles. The van der Waals surface area contributed by atoms with Gasteiger partial charge in [-0.3, -0.25) is 14.4 Å². The van der Waals surface area contributed by atoms with Crippen LogP contribution in [0.1, 0.15) is 57.0 Å². The number of rotatable bonds is 10. The number of furan rings is 1. The first-order valence-corrected chi connectivity index (χ1v) is 13.8. The Bertz CT molecular complexity index is 1210. The minimum Gasteiger partial charge on any atom is -0.497 e. The number of hydrogen-bond acceptors (Lipinski definition) is 7. The molecule has 1 saturated heterocycles. The van der Waals surface area contributed by atoms with E-state index in [0.717, 1.165) is 0 Å². The van der Waals surface area contributed by atoms with Gasteiger partial charge in [0.25, 0.3) is 5.91 Å². The van der Waals surface area contributed by atoms with Crippen LogP contribution in [0.2, 0.25) is 0 Å². The largest absolute Gasteiger partial charge is 0.497 e. The lowest BCUT2D eigenvalue weighted by Crippen LogP contribution is -2.52. The Morgan fingerprint density at radius 3 is 2.67 bits per heavy atom. The number of sulfonamides is 1. The van der Waals surface area contributed by atoms with Gasteiger partial charge in [-0.05, 0) is 55.9 Å². The van der Waals surface area contributed by atoms with Crippen LogP contribution in [-0.4, -0.2) is 68.4 Å². The molecule has 11 heteroatoms. The Hall–Kier alpha value is -2.92. The van der Waals surface area contributed by atoms with E-state index in [4.69, 9.17) is 9.15 Å². The topological polar surface area (TPSA) is 135 Å². The maximum Gasteiger partial charge on any atom is 0.287 e. The van der Waals surface area contributed by atoms with Crippen molar-refractivity contribution in [3.8, 4) is 5.75 Å². The number of Topliss-reactive ketones (excluding diaryl/α,β-unsaturated/α-hetero) is 1. The molecule has 2 atom stereocenters. The summed E-state index contributed by atoms with van der Waals surface area (Å²) in [6.45, 7) is 5.59. The molecule has 0 bridgehead atoms. The maximum absolute atomic E-state index is 13.2. The van der Waals surface area contributed by atoms with Gasteiger partial charge in [0.1, 0.15) is 17.4 Å². The van der Waals surface area contributed by atoms with Crippen molar-refractivity contribution in [2.45, 2.75) is 58.5 Å². The Labute approximate surface area is 211 Å². The number of carbonyl (C=O) groups is 3. The number of nitrogens with one attached hydrogen (secondary N) is 2. The summed E-state index contributed by atoms with van der Waals surface area (Å²) < 4.78 is 36.9. The molecule has 0 aliphatic carbocycles. The van der Waals surface area contributed by atoms with Gasteiger partial charge >= 0.3 is 0 Å². The number of ether oxygens (including phenoxy) is 1. The molecule has 198 valence electrons. The summed E-state index contributed by atoms with van der Waals surface area (Å²) in [7, 11) is -1.97. The molecule has 3 rings (SSSR count). The van der Waals surface area contributed by atoms with Crippen LogP contribution in [-0.2, 0) is 19.6 Å². The van der Waals surface area contributed by atoms with Crippen molar-refractivity contribution < 1.29 is 32.0 Å². The van der Waals surface area contributed by atoms with E-state index in [0.29, 0.717) is 42.4 Å². The molecule has 2 N–H and O–H groups in total. The molecule has 0 saturated carbocycles. The summed E-state index contributed by atoms with van der Waals surface area (Å²) in [5.41, 5.74) is 0.512. The summed E-state index contributed by atoms with van der Waals surface area (Å²) in [6.07, 6.45) is 1.59. The lowest BCUT2D eigenvalue weighted by atomic mass is 10.0. The zero-order valence-corrected chi connectivity index (χ0v) is 22.0. The van der Waals surface area contributed by atoms with Crippen LogP contribution in [0, 0.1) is 5.92 Å². The second-order valence-electron chi connectivity index (χ2n) is 9.49. The third kappa shape index (κ3) is 6.85. The van der Waals surface area contributed by atoms with Gasteiger partial charge < -0.3 is 19.8 Å². The third-order valence-corrected chi connectivity index (χ3v) is 8.09. The van der Waals surface area contributed by atoms with E-state index in [9.17, 15) is 22.8 Å². The highest BCUT2D eigenvalue weighted by molar-refractivity contribution is 7.89. The van der Waals surface area contributed by atoms with Gasteiger partial charge in [0.05, 0.1) is 25.4 Å². The highest BCUT2D eigenvalue weighted by atomic mass is 32.2. The van der Waals surface area contributed by atoms with Crippen LogP contribution in [0.5, 0.6) is 5.75 Å². The number of hydrogen-bond donors (Lipinski definition) is 2. The number of carbonyl (C=O) groups excluding carboxylic acids is 3. The minimum absolute atomic E-state index is 0.0195. The Kier molecular flexibility index (Phi) is 9.13. The molecule has 1 unspecified atom stereocenters. The number of amides is 2. The van der Waals surface area contributed by atoms with E-state index < -0.39 is 33.9 Å². The molecule has 1 aromatic heterocycles. The first-order valence-electron chi connectivity index (χ1n) is 12.2. The molecular formula is C25H35N3O7S. The van der Waals surface area contributed by atoms with E-state index in [1.54, 1.807) is 38.3 Å². The maximum atomic E-state index is 13.2. The van der Waals surface area contributed by atoms with Gasteiger partial charge in [0.15, 0.2) is 11.5 Å². The number of benzene rings is 1. The first-order chi connectivity index (χ1) is 17.0. The molecule has 1 aliphatic rings. The fraction of sp³-hybridized carbons (Fsp3) is 0.560. The molecule has 36 heavy (non-hydrogen) atoms. The molecule has 10 nitrogen and oxygen atoms in total. The van der Waals surface area contributed by atoms with Crippen molar-refractivity contribution in [2.24, 2.45) is 5.92 Å². The Morgan fingerprint density at radius 2 is 2.00 bits per heavy atom. The quantitative estimate of drug-likeness (QED) is 0.490. The number of fused-ring (bicyclic) bond motifs is 1. The summed E-state index contributed by atoms with van der Waals surface area (Å²) >= 11 is 0. The predicted molar refractivity (Wildman–Crippen MR) is 135 cm³/mol. The van der Waals surface area contributed by atoms with Gasteiger partial charge in [-0.25, -0.2) is 8.42 Å². The molecule has 0 spiro atoms. The summed E-state index contributed by atoms with van der Waals surface area (Å²) in [6, 6.07) is 5.04. The van der Waals surface area contributed by atoms with Crippen molar-refractivity contribution in [1.82, 2.24) is 14.9 Å². The number of ketones is 1. The molecule has 1 fully saturated rings. The van der Waals surface area contributed by atoms with E-state index in [-0.39, 0.29) is 36.3 Å². The SMILES string of the molecule is CCCS(=O)(=O)N1CCCC(NC(=O)[C@H](CC(C)C)NC(=O)c2cc3cc(OC)ccc3o2)C(=O)C1. The monoisotopic (exact) mass is 521 g/mol. The van der Waals surface area contributed by atoms with Crippen molar-refractivity contribution in [2.75, 3.05) is 26.0 Å². The molecule has 1 aromatic carbocycles. The second-order valence-corrected chi connectivity index (χ2v) is 11.6. The number of methoxy groups -OCH3 is 1. The van der Waals surface area contributed by atoms with E-state index >= 15 is 0 Å². The zero-order valence-electron chi connectivity index (χ0n) is 21.2. The van der Waals surface area contributed by atoms with Crippen LogP contribution in [0.15, 0.2) is 28.7 Å². The molecule has 2 heterocycles. The third-order valence-electron chi connectivity index (χ3n) is 6.07. The number of nitrogens with zero attached hydrogens (tertiary/aromatic N) is 1. The molecule has 2 amide bonds. The van der Waals surface area contributed by atoms with Gasteiger partial charge in [-0.1, -0.05) is 20.8 Å². The van der Waals surface area contributed by atoms with Gasteiger partial charge in [0, 0.05) is 11.9 Å². The highest BCUT2D eigenvalue weighted by Crippen LogP contribution is 2.24. The smallest absolute Gasteiger partial charge is 0.287 e. The van der Waals surface area contributed by atoms with Crippen molar-refractivity contribution in [1.29, 1.82) is 0 Å². The van der Waals surface area contributed by atoms with Crippen LogP contribution in [0.25, 0.3) is 11.0 Å². The summed E-state index contributed by atoms with van der Waals surface area (Å²) in [5, 5.41) is 6.17. The fourth-order valence-corrected chi connectivity index (χ4v) is 5.74. The van der Waals surface area contributed by atoms with Gasteiger partial charge in [-0.2, -0.15) is 4.31 Å². The van der Waals surface area contributed by atoms with Gasteiger partial charge in [0.2, 0.25) is 15.9 Å². The normalized spacial score (nSPS) is 18.1. The van der Waals surface area contributed by atoms with E-state index in [1.807, 2.05) is 13.8 Å². The van der Waals surface area contributed by atoms with Crippen LogP contribution < -0.4 is 15.4 Å². The molecule has 0 radical (unpaired) electrons. The fourth-order valence-electron chi connectivity index (χ4n) is 4.24. The first kappa shape index (κ1) is 27.7. The van der Waals surface area contributed by atoms with E-state index in [2.05, 4.69) is 10.6 Å². The van der Waals surface area contributed by atoms with E-state index in [1.165, 1.54) is 4.31 Å². The minimum atomic E-state index is -3.51. The Morgan fingerprint density at radius 1 is 1.25 bits per heavy atom. The van der Waals surface area contributed by atoms with Crippen LogP contribution in [0.4, 0.5) is 0 Å². The second kappa shape index (κ2) is 11.9. The average Bonchev–Trinajstić information content (AvgIpc) is 3.16. The van der Waals surface area contributed by atoms with Crippen LogP contribution in [0.3, 0.4) is 0 Å². The summed E-state index contributed by atoms with van der Waals surface area (Å²) in [4.78, 5) is 38.9. The Balaban J connectivity index is 1.70. The van der Waals surface area contributed by atoms with Gasteiger partial charge in [-0.15, -0.1) is 0 Å². The van der Waals surface area contributed by atoms with Crippen molar-refractivity contribution in [3.05, 3.63) is 30.0 Å². The average molecular weight is 522 g/mol. The standard InChI is InChI=1S/C25H35N3O7S/c1-5-11-36(32,33)28-10-6-7-19(21(29)15-28)26-24(30)20(12-16(2)3)27-25(31)23-14-17-13-18(34-4)8-9-22(17)35-23/h8-9,13-14,16,19-20H,5-7,10-12,15H2,1-4H3,(H,26,30)(H,27,31)/t19?,20-/m0/s1. The van der Waals surface area contributed by atoms with Crippen LogP contribution >= 0.6 is 0 Å². The van der Waals surface area contributed by atoms with Crippen molar-refractivity contribution >= 4 is 38.6 Å². The molecular weight excluding hydrogens is 486 g/mol. The lowest BCUT2D eigenvalue weighted by molar-refractivity contribution is -0.129. The predicted octanol–water partition coefficient (Wildman–Crippen LogP) is 2.48. The summed E-state index contributed by atoms with van der Waals surface area (Å²) in [5.74, 6) is -0.646. The molecule has 2 aromatic rings. The highest BCUT2D eigenvalue weighted by Gasteiger charge is 2.33. The van der Waals surface area contributed by atoms with Crippen molar-refractivity contribution in [3.63, 3.8) is 0 Å².